The van der Waals surface area contributed by atoms with Gasteiger partial charge in [0.25, 0.3) is 0 Å². The fourth-order valence-corrected chi connectivity index (χ4v) is 3.67. The molecule has 0 bridgehead atoms. The lowest BCUT2D eigenvalue weighted by Crippen LogP contribution is -2.31. The Balaban J connectivity index is 1.69. The van der Waals surface area contributed by atoms with Crippen LogP contribution in [0.15, 0.2) is 29.6 Å². The number of aliphatic carboxylic acids is 1. The second-order valence-electron chi connectivity index (χ2n) is 6.20. The average molecular weight is 332 g/mol. The Kier molecular flexibility index (Phi) is 4.37. The zero-order chi connectivity index (χ0) is 16.4. The second kappa shape index (κ2) is 6.29. The summed E-state index contributed by atoms with van der Waals surface area (Å²) in [5.74, 6) is 0.103. The average Bonchev–Trinajstić information content (AvgIpc) is 3.16. The van der Waals surface area contributed by atoms with Crippen LogP contribution >= 0.6 is 11.3 Å². The van der Waals surface area contributed by atoms with Gasteiger partial charge in [-0.05, 0) is 32.0 Å². The fourth-order valence-electron chi connectivity index (χ4n) is 2.86. The van der Waals surface area contributed by atoms with Gasteiger partial charge in [0.1, 0.15) is 10.8 Å². The van der Waals surface area contributed by atoms with Gasteiger partial charge in [0.15, 0.2) is 0 Å². The molecule has 1 aliphatic rings. The van der Waals surface area contributed by atoms with E-state index < -0.39 is 11.4 Å². The highest BCUT2D eigenvalue weighted by molar-refractivity contribution is 7.13. The third-order valence-electron chi connectivity index (χ3n) is 4.32. The quantitative estimate of drug-likeness (QED) is 0.911. The molecular weight excluding hydrogens is 312 g/mol. The Bertz CT molecular complexity index is 715. The first kappa shape index (κ1) is 16.0. The molecule has 1 aromatic heterocycles. The van der Waals surface area contributed by atoms with Crippen LogP contribution in [0.2, 0.25) is 0 Å². The van der Waals surface area contributed by atoms with E-state index in [1.54, 1.807) is 18.4 Å². The Morgan fingerprint density at radius 1 is 1.52 bits per heavy atom. The van der Waals surface area contributed by atoms with Gasteiger partial charge >= 0.3 is 5.97 Å². The summed E-state index contributed by atoms with van der Waals surface area (Å²) < 4.78 is 5.25. The van der Waals surface area contributed by atoms with Crippen LogP contribution in [0.5, 0.6) is 5.75 Å². The summed E-state index contributed by atoms with van der Waals surface area (Å²) in [6, 6.07) is 7.85. The number of carbonyl (C=O) groups is 1. The molecule has 2 aromatic rings. The van der Waals surface area contributed by atoms with Gasteiger partial charge in [0.2, 0.25) is 0 Å². The van der Waals surface area contributed by atoms with Crippen molar-refractivity contribution in [1.82, 2.24) is 9.88 Å². The smallest absolute Gasteiger partial charge is 0.310 e. The van der Waals surface area contributed by atoms with Crippen molar-refractivity contribution in [3.05, 3.63) is 35.3 Å². The third-order valence-corrected chi connectivity index (χ3v) is 5.26. The minimum absolute atomic E-state index is 0.578. The number of carboxylic acid groups (broad SMARTS) is 1. The van der Waals surface area contributed by atoms with Gasteiger partial charge in [-0.25, -0.2) is 4.98 Å². The summed E-state index contributed by atoms with van der Waals surface area (Å²) in [5.41, 5.74) is 1.39. The van der Waals surface area contributed by atoms with Crippen LogP contribution < -0.4 is 4.74 Å². The molecule has 0 radical (unpaired) electrons. The second-order valence-corrected chi connectivity index (χ2v) is 7.06. The number of nitrogens with zero attached hydrogens (tertiary/aromatic N) is 2. The number of hydrogen-bond acceptors (Lipinski definition) is 5. The van der Waals surface area contributed by atoms with Crippen LogP contribution in [0.25, 0.3) is 10.6 Å². The molecule has 1 aliphatic heterocycles. The monoisotopic (exact) mass is 332 g/mol. The van der Waals surface area contributed by atoms with E-state index in [-0.39, 0.29) is 0 Å². The number of benzene rings is 1. The van der Waals surface area contributed by atoms with Crippen molar-refractivity contribution in [1.29, 1.82) is 0 Å². The SMILES string of the molecule is COc1cccc(-c2nc(CN3CCC(C)(C(=O)O)C3)cs2)c1. The number of aromatic nitrogens is 1. The molecule has 0 spiro atoms. The van der Waals surface area contributed by atoms with E-state index in [1.165, 1.54) is 0 Å². The van der Waals surface area contributed by atoms with Gasteiger partial charge in [-0.3, -0.25) is 9.69 Å². The molecule has 122 valence electrons. The summed E-state index contributed by atoms with van der Waals surface area (Å²) in [5, 5.41) is 12.3. The van der Waals surface area contributed by atoms with E-state index in [9.17, 15) is 9.90 Å². The van der Waals surface area contributed by atoms with Crippen molar-refractivity contribution < 1.29 is 14.6 Å². The van der Waals surface area contributed by atoms with Crippen molar-refractivity contribution in [2.24, 2.45) is 5.41 Å². The number of rotatable bonds is 5. The highest BCUT2D eigenvalue weighted by atomic mass is 32.1. The van der Waals surface area contributed by atoms with Gasteiger partial charge in [0.05, 0.1) is 18.2 Å². The molecule has 1 saturated heterocycles. The molecule has 0 aliphatic carbocycles. The molecule has 1 aromatic carbocycles. The first-order valence-electron chi connectivity index (χ1n) is 7.55. The van der Waals surface area contributed by atoms with E-state index in [0.29, 0.717) is 19.5 Å². The van der Waals surface area contributed by atoms with E-state index in [4.69, 9.17) is 4.74 Å². The third kappa shape index (κ3) is 3.38. The van der Waals surface area contributed by atoms with E-state index >= 15 is 0 Å². The molecule has 23 heavy (non-hydrogen) atoms. The summed E-state index contributed by atoms with van der Waals surface area (Å²) in [6.45, 7) is 3.89. The summed E-state index contributed by atoms with van der Waals surface area (Å²) in [7, 11) is 1.65. The molecule has 1 atom stereocenters. The van der Waals surface area contributed by atoms with Gasteiger partial charge < -0.3 is 9.84 Å². The summed E-state index contributed by atoms with van der Waals surface area (Å²) in [4.78, 5) is 18.2. The maximum absolute atomic E-state index is 11.3. The molecule has 1 fully saturated rings. The fraction of sp³-hybridized carbons (Fsp3) is 0.412. The Morgan fingerprint density at radius 3 is 3.04 bits per heavy atom. The molecule has 1 unspecified atom stereocenters. The topological polar surface area (TPSA) is 62.7 Å². The Morgan fingerprint density at radius 2 is 2.35 bits per heavy atom. The molecule has 0 saturated carbocycles. The number of likely N-dealkylation sites (tertiary alicyclic amines) is 1. The van der Waals surface area contributed by atoms with Crippen LogP contribution in [0.4, 0.5) is 0 Å². The Hall–Kier alpha value is -1.92. The lowest BCUT2D eigenvalue weighted by Gasteiger charge is -2.19. The largest absolute Gasteiger partial charge is 0.497 e. The minimum Gasteiger partial charge on any atom is -0.497 e. The summed E-state index contributed by atoms with van der Waals surface area (Å²) in [6.07, 6.45) is 0.690. The Labute approximate surface area is 139 Å². The molecule has 6 heteroatoms. The molecule has 5 nitrogen and oxygen atoms in total. The number of methoxy groups -OCH3 is 1. The molecular formula is C17H20N2O3S. The maximum atomic E-state index is 11.3. The van der Waals surface area contributed by atoms with E-state index in [0.717, 1.165) is 28.6 Å². The molecule has 3 rings (SSSR count). The number of ether oxygens (including phenoxy) is 1. The normalized spacial score (nSPS) is 21.5. The van der Waals surface area contributed by atoms with Gasteiger partial charge in [-0.2, -0.15) is 0 Å². The van der Waals surface area contributed by atoms with Crippen molar-refractivity contribution in [2.75, 3.05) is 20.2 Å². The molecule has 0 amide bonds. The number of thiazole rings is 1. The number of carboxylic acids is 1. The van der Waals surface area contributed by atoms with Gasteiger partial charge in [0, 0.05) is 24.0 Å². The first-order chi connectivity index (χ1) is 11.0. The van der Waals surface area contributed by atoms with Crippen molar-refractivity contribution in [3.8, 4) is 16.3 Å². The van der Waals surface area contributed by atoms with Crippen molar-refractivity contribution >= 4 is 17.3 Å². The van der Waals surface area contributed by atoms with Crippen LogP contribution in [0.3, 0.4) is 0 Å². The van der Waals surface area contributed by atoms with Crippen LogP contribution in [-0.4, -0.2) is 41.2 Å². The van der Waals surface area contributed by atoms with Crippen LogP contribution in [-0.2, 0) is 11.3 Å². The molecule has 2 heterocycles. The predicted octanol–water partition coefficient (Wildman–Crippen LogP) is 3.12. The van der Waals surface area contributed by atoms with E-state index in [2.05, 4.69) is 9.88 Å². The zero-order valence-electron chi connectivity index (χ0n) is 13.3. The van der Waals surface area contributed by atoms with Gasteiger partial charge in [-0.1, -0.05) is 12.1 Å². The van der Waals surface area contributed by atoms with E-state index in [1.807, 2.05) is 36.6 Å². The highest BCUT2D eigenvalue weighted by Crippen LogP contribution is 2.32. The van der Waals surface area contributed by atoms with Crippen LogP contribution in [0.1, 0.15) is 19.0 Å². The number of hydrogen-bond donors (Lipinski definition) is 1. The van der Waals surface area contributed by atoms with Crippen LogP contribution in [0, 0.1) is 5.41 Å². The minimum atomic E-state index is -0.713. The summed E-state index contributed by atoms with van der Waals surface area (Å²) >= 11 is 1.60. The maximum Gasteiger partial charge on any atom is 0.310 e. The highest BCUT2D eigenvalue weighted by Gasteiger charge is 2.40. The van der Waals surface area contributed by atoms with Crippen molar-refractivity contribution in [2.45, 2.75) is 19.9 Å². The lowest BCUT2D eigenvalue weighted by atomic mass is 9.90. The standard InChI is InChI=1S/C17H20N2O3S/c1-17(16(20)21)6-7-19(11-17)9-13-10-23-15(18-13)12-4-3-5-14(8-12)22-2/h3-5,8,10H,6-7,9,11H2,1-2H3,(H,20,21). The van der Waals surface area contributed by atoms with Gasteiger partial charge in [-0.15, -0.1) is 11.3 Å². The predicted molar refractivity (Wildman–Crippen MR) is 89.7 cm³/mol. The van der Waals surface area contributed by atoms with Crippen molar-refractivity contribution in [3.63, 3.8) is 0 Å². The first-order valence-corrected chi connectivity index (χ1v) is 8.43. The lowest BCUT2D eigenvalue weighted by molar-refractivity contribution is -0.147. The molecule has 1 N–H and O–H groups in total. The zero-order valence-corrected chi connectivity index (χ0v) is 14.1.